The lowest BCUT2D eigenvalue weighted by atomic mass is 10.1. The molecule has 1 heterocycles. The van der Waals surface area contributed by atoms with E-state index in [2.05, 4.69) is 4.98 Å². The summed E-state index contributed by atoms with van der Waals surface area (Å²) in [5.41, 5.74) is 3.56. The Morgan fingerprint density at radius 3 is 2.51 bits per heavy atom. The maximum Gasteiger partial charge on any atom is 0.306 e. The van der Waals surface area contributed by atoms with Crippen LogP contribution < -0.4 is 14.2 Å². The summed E-state index contributed by atoms with van der Waals surface area (Å²) in [7, 11) is 3.58. The van der Waals surface area contributed by atoms with Crippen LogP contribution >= 0.6 is 23.2 Å². The first-order valence-corrected chi connectivity index (χ1v) is 12.6. The second-order valence-electron chi connectivity index (χ2n) is 8.34. The van der Waals surface area contributed by atoms with Crippen LogP contribution in [0.5, 0.6) is 17.2 Å². The highest BCUT2D eigenvalue weighted by atomic mass is 35.5. The van der Waals surface area contributed by atoms with E-state index in [0.717, 1.165) is 33.7 Å². The normalized spacial score (nSPS) is 10.9. The molecule has 0 saturated carbocycles. The largest absolute Gasteiger partial charge is 0.497 e. The zero-order chi connectivity index (χ0) is 26.4. The van der Waals surface area contributed by atoms with Crippen molar-refractivity contribution >= 4 is 40.2 Å². The average Bonchev–Trinajstić information content (AvgIpc) is 3.22. The zero-order valence-corrected chi connectivity index (χ0v) is 22.4. The summed E-state index contributed by atoms with van der Waals surface area (Å²) in [4.78, 5) is 16.6. The van der Waals surface area contributed by atoms with Crippen molar-refractivity contribution in [3.63, 3.8) is 0 Å². The summed E-state index contributed by atoms with van der Waals surface area (Å²) < 4.78 is 24.6. The predicted octanol–water partition coefficient (Wildman–Crippen LogP) is 6.54. The van der Waals surface area contributed by atoms with Crippen molar-refractivity contribution in [2.24, 2.45) is 7.05 Å². The number of halogens is 2. The molecule has 4 rings (SSSR count). The average molecular weight is 543 g/mol. The first-order chi connectivity index (χ1) is 17.9. The standard InChI is InChI=1S/C28H28Cl2N2O5/c1-4-35-28(33)12-7-19-6-8-21(15-26(19)37-16-18-5-10-22(29)23(30)13-18)36-17-27-31-24-11-9-20(34-3)14-25(24)32(27)2/h5-6,8-11,13-15H,4,7,12,16-17H2,1-3H3. The molecule has 7 nitrogen and oxygen atoms in total. The van der Waals surface area contributed by atoms with Crippen LogP contribution in [0, 0.1) is 0 Å². The van der Waals surface area contributed by atoms with Crippen molar-refractivity contribution in [1.82, 2.24) is 9.55 Å². The number of benzene rings is 3. The van der Waals surface area contributed by atoms with E-state index in [1.807, 2.05) is 54.1 Å². The molecule has 3 aromatic carbocycles. The van der Waals surface area contributed by atoms with E-state index in [-0.39, 0.29) is 25.6 Å². The molecule has 0 radical (unpaired) electrons. The molecule has 9 heteroatoms. The number of aromatic nitrogens is 2. The minimum Gasteiger partial charge on any atom is -0.497 e. The number of aryl methyl sites for hydroxylation is 2. The molecule has 0 aliphatic carbocycles. The highest BCUT2D eigenvalue weighted by Crippen LogP contribution is 2.29. The van der Waals surface area contributed by atoms with Gasteiger partial charge < -0.3 is 23.5 Å². The third-order valence-electron chi connectivity index (χ3n) is 5.87. The number of rotatable bonds is 11. The van der Waals surface area contributed by atoms with Crippen molar-refractivity contribution in [2.75, 3.05) is 13.7 Å². The number of methoxy groups -OCH3 is 1. The fourth-order valence-electron chi connectivity index (χ4n) is 3.85. The van der Waals surface area contributed by atoms with Gasteiger partial charge in [0.15, 0.2) is 0 Å². The quantitative estimate of drug-likeness (QED) is 0.200. The molecule has 0 aliphatic heterocycles. The maximum absolute atomic E-state index is 11.9. The molecule has 0 atom stereocenters. The summed E-state index contributed by atoms with van der Waals surface area (Å²) >= 11 is 12.2. The maximum atomic E-state index is 11.9. The highest BCUT2D eigenvalue weighted by molar-refractivity contribution is 6.42. The molecular formula is C28H28Cl2N2O5. The van der Waals surface area contributed by atoms with E-state index in [4.69, 9.17) is 42.1 Å². The molecule has 0 aliphatic rings. The van der Waals surface area contributed by atoms with Gasteiger partial charge in [-0.25, -0.2) is 4.98 Å². The topological polar surface area (TPSA) is 71.8 Å². The Bertz CT molecular complexity index is 1400. The Morgan fingerprint density at radius 1 is 0.946 bits per heavy atom. The molecule has 37 heavy (non-hydrogen) atoms. The van der Waals surface area contributed by atoms with Crippen LogP contribution in [0.2, 0.25) is 10.0 Å². The van der Waals surface area contributed by atoms with E-state index in [1.165, 1.54) is 0 Å². The molecule has 0 N–H and O–H groups in total. The van der Waals surface area contributed by atoms with E-state index < -0.39 is 0 Å². The number of esters is 1. The fourth-order valence-corrected chi connectivity index (χ4v) is 4.17. The molecule has 4 aromatic rings. The lowest BCUT2D eigenvalue weighted by Crippen LogP contribution is -2.07. The third-order valence-corrected chi connectivity index (χ3v) is 6.61. The molecule has 0 fully saturated rings. The number of carbonyl (C=O) groups is 1. The Balaban J connectivity index is 1.52. The molecule has 0 saturated heterocycles. The van der Waals surface area contributed by atoms with Crippen molar-refractivity contribution < 1.29 is 23.7 Å². The number of hydrogen-bond donors (Lipinski definition) is 0. The number of ether oxygens (including phenoxy) is 4. The zero-order valence-electron chi connectivity index (χ0n) is 20.9. The summed E-state index contributed by atoms with van der Waals surface area (Å²) in [6.45, 7) is 2.68. The monoisotopic (exact) mass is 542 g/mol. The van der Waals surface area contributed by atoms with E-state index in [1.54, 1.807) is 26.2 Å². The molecule has 0 unspecified atom stereocenters. The Hall–Kier alpha value is -3.42. The fraction of sp³-hybridized carbons (Fsp3) is 0.286. The summed E-state index contributed by atoms with van der Waals surface area (Å²) in [5, 5.41) is 0.943. The van der Waals surface area contributed by atoms with Gasteiger partial charge in [-0.05, 0) is 54.8 Å². The SMILES string of the molecule is CCOC(=O)CCc1ccc(OCc2nc3ccc(OC)cc3n2C)cc1OCc1ccc(Cl)c(Cl)c1. The predicted molar refractivity (Wildman–Crippen MR) is 144 cm³/mol. The van der Waals surface area contributed by atoms with Gasteiger partial charge in [-0.3, -0.25) is 4.79 Å². The highest BCUT2D eigenvalue weighted by Gasteiger charge is 2.13. The van der Waals surface area contributed by atoms with Gasteiger partial charge in [-0.15, -0.1) is 0 Å². The smallest absolute Gasteiger partial charge is 0.306 e. The molecular weight excluding hydrogens is 515 g/mol. The molecule has 0 spiro atoms. The van der Waals surface area contributed by atoms with E-state index >= 15 is 0 Å². The molecule has 0 amide bonds. The Morgan fingerprint density at radius 2 is 1.76 bits per heavy atom. The van der Waals surface area contributed by atoms with Crippen molar-refractivity contribution in [3.8, 4) is 17.2 Å². The second-order valence-corrected chi connectivity index (χ2v) is 9.16. The van der Waals surface area contributed by atoms with Gasteiger partial charge in [-0.2, -0.15) is 0 Å². The van der Waals surface area contributed by atoms with Crippen LogP contribution in [-0.2, 0) is 36.2 Å². The summed E-state index contributed by atoms with van der Waals surface area (Å²) in [5.74, 6) is 2.52. The van der Waals surface area contributed by atoms with Gasteiger partial charge in [0.2, 0.25) is 0 Å². The van der Waals surface area contributed by atoms with Crippen LogP contribution in [0.3, 0.4) is 0 Å². The van der Waals surface area contributed by atoms with Crippen molar-refractivity contribution in [3.05, 3.63) is 81.6 Å². The van der Waals surface area contributed by atoms with Crippen LogP contribution in [0.25, 0.3) is 11.0 Å². The van der Waals surface area contributed by atoms with Crippen molar-refractivity contribution in [1.29, 1.82) is 0 Å². The Labute approximate surface area is 225 Å². The first kappa shape index (κ1) is 26.6. The van der Waals surface area contributed by atoms with Crippen LogP contribution in [0.4, 0.5) is 0 Å². The lowest BCUT2D eigenvalue weighted by molar-refractivity contribution is -0.143. The lowest BCUT2D eigenvalue weighted by Gasteiger charge is -2.14. The van der Waals surface area contributed by atoms with Gasteiger partial charge in [0.1, 0.15) is 36.3 Å². The van der Waals surface area contributed by atoms with Gasteiger partial charge in [0.25, 0.3) is 0 Å². The second kappa shape index (κ2) is 12.2. The van der Waals surface area contributed by atoms with E-state index in [9.17, 15) is 4.79 Å². The van der Waals surface area contributed by atoms with Crippen LogP contribution in [0.1, 0.15) is 30.3 Å². The van der Waals surface area contributed by atoms with Gasteiger partial charge in [0, 0.05) is 25.6 Å². The van der Waals surface area contributed by atoms with Crippen molar-refractivity contribution in [2.45, 2.75) is 33.0 Å². The van der Waals surface area contributed by atoms with Gasteiger partial charge >= 0.3 is 5.97 Å². The molecule has 0 bridgehead atoms. The summed E-state index contributed by atoms with van der Waals surface area (Å²) in [6, 6.07) is 16.7. The first-order valence-electron chi connectivity index (χ1n) is 11.8. The molecule has 194 valence electrons. The van der Waals surface area contributed by atoms with Gasteiger partial charge in [0.05, 0.1) is 34.8 Å². The minimum atomic E-state index is -0.253. The van der Waals surface area contributed by atoms with Gasteiger partial charge in [-0.1, -0.05) is 35.3 Å². The molecule has 1 aromatic heterocycles. The minimum absolute atomic E-state index is 0.250. The Kier molecular flexibility index (Phi) is 8.79. The number of carbonyl (C=O) groups excluding carboxylic acids is 1. The van der Waals surface area contributed by atoms with Crippen LogP contribution in [0.15, 0.2) is 54.6 Å². The number of nitrogens with zero attached hydrogens (tertiary/aromatic N) is 2. The summed E-state index contributed by atoms with van der Waals surface area (Å²) in [6.07, 6.45) is 0.725. The third kappa shape index (κ3) is 6.67. The number of imidazole rings is 1. The van der Waals surface area contributed by atoms with Crippen LogP contribution in [-0.4, -0.2) is 29.2 Å². The van der Waals surface area contributed by atoms with E-state index in [0.29, 0.717) is 34.6 Å². The number of fused-ring (bicyclic) bond motifs is 1. The number of hydrogen-bond acceptors (Lipinski definition) is 6.